The van der Waals surface area contributed by atoms with Gasteiger partial charge in [0, 0.05) is 37.1 Å². The maximum Gasteiger partial charge on any atom is 0.191 e. The summed E-state index contributed by atoms with van der Waals surface area (Å²) in [6.45, 7) is 5.17. The van der Waals surface area contributed by atoms with E-state index >= 15 is 0 Å². The highest BCUT2D eigenvalue weighted by atomic mass is 32.2. The van der Waals surface area contributed by atoms with Crippen LogP contribution in [-0.2, 0) is 6.54 Å². The van der Waals surface area contributed by atoms with E-state index in [9.17, 15) is 5.11 Å². The summed E-state index contributed by atoms with van der Waals surface area (Å²) in [4.78, 5) is 4.58. The number of rotatable bonds is 7. The van der Waals surface area contributed by atoms with E-state index in [2.05, 4.69) is 63.6 Å². The van der Waals surface area contributed by atoms with Crippen molar-refractivity contribution in [2.75, 3.05) is 31.1 Å². The summed E-state index contributed by atoms with van der Waals surface area (Å²) in [6, 6.07) is 10.6. The summed E-state index contributed by atoms with van der Waals surface area (Å²) < 4.78 is 2.29. The summed E-state index contributed by atoms with van der Waals surface area (Å²) in [6.07, 6.45) is 4.00. The Bertz CT molecular complexity index is 706. The van der Waals surface area contributed by atoms with Crippen LogP contribution in [0.2, 0.25) is 0 Å². The lowest BCUT2D eigenvalue weighted by Gasteiger charge is -2.19. The standard InChI is InChI=1S/C19H28N4OS/c1-2-20-18(22-14-19(24)9-13-25-15-19)21-10-5-11-23-12-8-16-6-3-4-7-17(16)23/h3-4,6-8,12,24H,2,5,9-11,13-15H2,1H3,(H2,20,21,22). The van der Waals surface area contributed by atoms with Gasteiger partial charge in [-0.3, -0.25) is 4.99 Å². The van der Waals surface area contributed by atoms with Gasteiger partial charge in [0.05, 0.1) is 12.1 Å². The number of hydrogen-bond donors (Lipinski definition) is 3. The zero-order chi connectivity index (χ0) is 17.5. The molecule has 25 heavy (non-hydrogen) atoms. The molecule has 136 valence electrons. The van der Waals surface area contributed by atoms with Gasteiger partial charge < -0.3 is 20.3 Å². The van der Waals surface area contributed by atoms with E-state index in [0.29, 0.717) is 6.54 Å². The van der Waals surface area contributed by atoms with Crippen LogP contribution < -0.4 is 10.6 Å². The largest absolute Gasteiger partial charge is 0.387 e. The molecule has 1 aliphatic heterocycles. The number of fused-ring (bicyclic) bond motifs is 1. The molecular formula is C19H28N4OS. The number of aliphatic hydroxyl groups is 1. The zero-order valence-electron chi connectivity index (χ0n) is 14.9. The van der Waals surface area contributed by atoms with Gasteiger partial charge in [0.15, 0.2) is 5.96 Å². The number of nitrogens with zero attached hydrogens (tertiary/aromatic N) is 2. The Morgan fingerprint density at radius 2 is 2.20 bits per heavy atom. The molecule has 3 N–H and O–H groups in total. The van der Waals surface area contributed by atoms with Gasteiger partial charge in [0.1, 0.15) is 0 Å². The van der Waals surface area contributed by atoms with Crippen molar-refractivity contribution >= 4 is 28.6 Å². The minimum Gasteiger partial charge on any atom is -0.387 e. The van der Waals surface area contributed by atoms with Gasteiger partial charge in [-0.05, 0) is 43.0 Å². The predicted octanol–water partition coefficient (Wildman–Crippen LogP) is 2.45. The Morgan fingerprint density at radius 3 is 3.00 bits per heavy atom. The maximum absolute atomic E-state index is 10.4. The molecule has 2 aromatic rings. The van der Waals surface area contributed by atoms with E-state index in [1.54, 1.807) is 11.8 Å². The molecular weight excluding hydrogens is 332 g/mol. The first-order chi connectivity index (χ1) is 12.2. The number of aryl methyl sites for hydroxylation is 1. The summed E-state index contributed by atoms with van der Waals surface area (Å²) in [5.74, 6) is 2.61. The molecule has 1 atom stereocenters. The maximum atomic E-state index is 10.4. The first-order valence-corrected chi connectivity index (χ1v) is 10.2. The van der Waals surface area contributed by atoms with Gasteiger partial charge in [0.25, 0.3) is 0 Å². The topological polar surface area (TPSA) is 61.6 Å². The van der Waals surface area contributed by atoms with Crippen LogP contribution >= 0.6 is 11.8 Å². The Labute approximate surface area is 153 Å². The van der Waals surface area contributed by atoms with Crippen LogP contribution in [0.3, 0.4) is 0 Å². The SMILES string of the molecule is CCNC(=NCC1(O)CCSC1)NCCCn1ccc2ccccc21. The quantitative estimate of drug-likeness (QED) is 0.403. The van der Waals surface area contributed by atoms with Gasteiger partial charge in [0.2, 0.25) is 0 Å². The smallest absolute Gasteiger partial charge is 0.191 e. The molecule has 0 aliphatic carbocycles. The molecule has 1 unspecified atom stereocenters. The molecule has 0 amide bonds. The minimum absolute atomic E-state index is 0.470. The van der Waals surface area contributed by atoms with Crippen molar-refractivity contribution in [3.8, 4) is 0 Å². The number of aliphatic imine (C=N–C) groups is 1. The lowest BCUT2D eigenvalue weighted by Crippen LogP contribution is -2.40. The van der Waals surface area contributed by atoms with E-state index in [0.717, 1.165) is 49.9 Å². The average Bonchev–Trinajstić information content (AvgIpc) is 3.23. The van der Waals surface area contributed by atoms with Gasteiger partial charge in [-0.25, -0.2) is 0 Å². The third-order valence-electron chi connectivity index (χ3n) is 4.51. The molecule has 5 nitrogen and oxygen atoms in total. The normalized spacial score (nSPS) is 21.0. The highest BCUT2D eigenvalue weighted by molar-refractivity contribution is 7.99. The number of guanidine groups is 1. The highest BCUT2D eigenvalue weighted by Crippen LogP contribution is 2.27. The monoisotopic (exact) mass is 360 g/mol. The number of benzene rings is 1. The first-order valence-electron chi connectivity index (χ1n) is 9.06. The first kappa shape index (κ1) is 18.1. The Morgan fingerprint density at radius 1 is 1.32 bits per heavy atom. The average molecular weight is 361 g/mol. The molecule has 1 aliphatic rings. The van der Waals surface area contributed by atoms with Crippen molar-refractivity contribution < 1.29 is 5.11 Å². The van der Waals surface area contributed by atoms with Crippen molar-refractivity contribution in [2.24, 2.45) is 4.99 Å². The molecule has 0 radical (unpaired) electrons. The van der Waals surface area contributed by atoms with Crippen molar-refractivity contribution in [2.45, 2.75) is 31.9 Å². The van der Waals surface area contributed by atoms with Crippen molar-refractivity contribution in [3.05, 3.63) is 36.5 Å². The zero-order valence-corrected chi connectivity index (χ0v) is 15.7. The third kappa shape index (κ3) is 4.92. The Balaban J connectivity index is 1.48. The third-order valence-corrected chi connectivity index (χ3v) is 5.74. The fraction of sp³-hybridized carbons (Fsp3) is 0.526. The van der Waals surface area contributed by atoms with Crippen LogP contribution in [0.4, 0.5) is 0 Å². The predicted molar refractivity (Wildman–Crippen MR) is 107 cm³/mol. The minimum atomic E-state index is -0.628. The Kier molecular flexibility index (Phi) is 6.26. The van der Waals surface area contributed by atoms with Crippen LogP contribution in [-0.4, -0.2) is 52.4 Å². The summed E-state index contributed by atoms with van der Waals surface area (Å²) >= 11 is 1.80. The fourth-order valence-electron chi connectivity index (χ4n) is 3.08. The Hall–Kier alpha value is -1.66. The molecule has 2 heterocycles. The molecule has 1 fully saturated rings. The number of aromatic nitrogens is 1. The van der Waals surface area contributed by atoms with Crippen LogP contribution in [0, 0.1) is 0 Å². The number of para-hydroxylation sites is 1. The van der Waals surface area contributed by atoms with Crippen molar-refractivity contribution in [1.82, 2.24) is 15.2 Å². The lowest BCUT2D eigenvalue weighted by molar-refractivity contribution is 0.0778. The van der Waals surface area contributed by atoms with Gasteiger partial charge in [-0.2, -0.15) is 11.8 Å². The van der Waals surface area contributed by atoms with Crippen LogP contribution in [0.1, 0.15) is 19.8 Å². The lowest BCUT2D eigenvalue weighted by atomic mass is 10.1. The van der Waals surface area contributed by atoms with E-state index in [-0.39, 0.29) is 0 Å². The van der Waals surface area contributed by atoms with Crippen LogP contribution in [0.25, 0.3) is 10.9 Å². The van der Waals surface area contributed by atoms with E-state index in [4.69, 9.17) is 0 Å². The van der Waals surface area contributed by atoms with Gasteiger partial charge in [-0.15, -0.1) is 0 Å². The number of nitrogens with one attached hydrogen (secondary N) is 2. The molecule has 3 rings (SSSR count). The molecule has 6 heteroatoms. The molecule has 0 spiro atoms. The van der Waals surface area contributed by atoms with Crippen LogP contribution in [0.15, 0.2) is 41.5 Å². The fourth-order valence-corrected chi connectivity index (χ4v) is 4.37. The molecule has 0 bridgehead atoms. The van der Waals surface area contributed by atoms with E-state index in [1.165, 1.54) is 10.9 Å². The molecule has 1 aromatic carbocycles. The van der Waals surface area contributed by atoms with Gasteiger partial charge >= 0.3 is 0 Å². The number of hydrogen-bond acceptors (Lipinski definition) is 3. The summed E-state index contributed by atoms with van der Waals surface area (Å²) in [5, 5.41) is 18.3. The molecule has 1 aromatic heterocycles. The second-order valence-electron chi connectivity index (χ2n) is 6.57. The number of thioether (sulfide) groups is 1. The molecule has 1 saturated heterocycles. The second kappa shape index (κ2) is 8.63. The summed E-state index contributed by atoms with van der Waals surface area (Å²) in [7, 11) is 0. The van der Waals surface area contributed by atoms with E-state index < -0.39 is 5.60 Å². The van der Waals surface area contributed by atoms with Gasteiger partial charge in [-0.1, -0.05) is 18.2 Å². The van der Waals surface area contributed by atoms with Crippen LogP contribution in [0.5, 0.6) is 0 Å². The second-order valence-corrected chi connectivity index (χ2v) is 7.68. The summed E-state index contributed by atoms with van der Waals surface area (Å²) in [5.41, 5.74) is 0.654. The van der Waals surface area contributed by atoms with E-state index in [1.807, 2.05) is 0 Å². The van der Waals surface area contributed by atoms with Crippen molar-refractivity contribution in [3.63, 3.8) is 0 Å². The highest BCUT2D eigenvalue weighted by Gasteiger charge is 2.31. The van der Waals surface area contributed by atoms with Crippen molar-refractivity contribution in [1.29, 1.82) is 0 Å². The molecule has 0 saturated carbocycles.